The van der Waals surface area contributed by atoms with Crippen molar-refractivity contribution in [1.82, 2.24) is 15.0 Å². The summed E-state index contributed by atoms with van der Waals surface area (Å²) in [5, 5.41) is 0. The van der Waals surface area contributed by atoms with Gasteiger partial charge in [0.2, 0.25) is 0 Å². The molecule has 3 aromatic rings. The average Bonchev–Trinajstić information content (AvgIpc) is 2.53. The van der Waals surface area contributed by atoms with Crippen molar-refractivity contribution in [1.29, 1.82) is 0 Å². The number of aryl methyl sites for hydroxylation is 1. The number of ether oxygens (including phenoxy) is 1. The summed E-state index contributed by atoms with van der Waals surface area (Å²) in [7, 11) is 0. The number of rotatable bonds is 3. The first-order valence-corrected chi connectivity index (χ1v) is 7.20. The first kappa shape index (κ1) is 16.7. The van der Waals surface area contributed by atoms with E-state index in [1.54, 1.807) is 25.4 Å². The van der Waals surface area contributed by atoms with E-state index in [0.29, 0.717) is 28.2 Å². The zero-order valence-electron chi connectivity index (χ0n) is 13.0. The van der Waals surface area contributed by atoms with E-state index in [9.17, 15) is 18.0 Å². The minimum absolute atomic E-state index is 0.276. The normalized spacial score (nSPS) is 11.4. The number of pyridine rings is 1. The highest BCUT2D eigenvalue weighted by Crippen LogP contribution is 2.28. The number of H-pyrrole nitrogens is 1. The van der Waals surface area contributed by atoms with Crippen LogP contribution in [0, 0.1) is 6.92 Å². The molecule has 1 aromatic carbocycles. The third-order valence-electron chi connectivity index (χ3n) is 3.32. The van der Waals surface area contributed by atoms with Gasteiger partial charge in [0.15, 0.2) is 0 Å². The molecule has 0 saturated heterocycles. The van der Waals surface area contributed by atoms with Crippen molar-refractivity contribution in [2.75, 3.05) is 0 Å². The monoisotopic (exact) mass is 347 g/mol. The fourth-order valence-corrected chi connectivity index (χ4v) is 2.31. The van der Waals surface area contributed by atoms with Crippen LogP contribution in [-0.4, -0.2) is 21.3 Å². The molecule has 0 unspecified atom stereocenters. The highest BCUT2D eigenvalue weighted by Gasteiger charge is 2.30. The lowest BCUT2D eigenvalue weighted by Gasteiger charge is -2.09. The van der Waals surface area contributed by atoms with Gasteiger partial charge in [-0.15, -0.1) is 13.2 Å². The largest absolute Gasteiger partial charge is 0.573 e. The van der Waals surface area contributed by atoms with Crippen LogP contribution in [0.4, 0.5) is 13.2 Å². The molecule has 0 radical (unpaired) electrons. The van der Waals surface area contributed by atoms with Crippen molar-refractivity contribution in [3.63, 3.8) is 0 Å². The molecule has 0 saturated carbocycles. The van der Waals surface area contributed by atoms with Gasteiger partial charge in [-0.2, -0.15) is 0 Å². The number of nitrogens with zero attached hydrogens (tertiary/aromatic N) is 2. The third-order valence-corrected chi connectivity index (χ3v) is 3.32. The Hall–Kier alpha value is -3.16. The van der Waals surface area contributed by atoms with Crippen LogP contribution >= 0.6 is 0 Å². The van der Waals surface area contributed by atoms with E-state index in [1.807, 2.05) is 0 Å². The van der Waals surface area contributed by atoms with E-state index in [-0.39, 0.29) is 11.3 Å². The number of aromatic amines is 1. The van der Waals surface area contributed by atoms with E-state index >= 15 is 0 Å². The van der Waals surface area contributed by atoms with Crippen molar-refractivity contribution < 1.29 is 17.9 Å². The van der Waals surface area contributed by atoms with Gasteiger partial charge in [-0.3, -0.25) is 9.78 Å². The molecule has 2 heterocycles. The van der Waals surface area contributed by atoms with E-state index in [2.05, 4.69) is 19.7 Å². The Kier molecular flexibility index (Phi) is 4.26. The summed E-state index contributed by atoms with van der Waals surface area (Å²) in [6, 6.07) is 8.56. The summed E-state index contributed by atoms with van der Waals surface area (Å²) in [6.45, 7) is 1.67. The second kappa shape index (κ2) is 6.39. The van der Waals surface area contributed by atoms with Crippen molar-refractivity contribution in [3.8, 4) is 28.1 Å². The van der Waals surface area contributed by atoms with Crippen LogP contribution in [0.25, 0.3) is 22.4 Å². The molecular formula is C17H12F3N3O2. The van der Waals surface area contributed by atoms with Crippen LogP contribution in [0.3, 0.4) is 0 Å². The summed E-state index contributed by atoms with van der Waals surface area (Å²) in [5.74, 6) is 0.175. The molecule has 25 heavy (non-hydrogen) atoms. The Morgan fingerprint density at radius 3 is 2.32 bits per heavy atom. The minimum Gasteiger partial charge on any atom is -0.406 e. The molecule has 0 bridgehead atoms. The topological polar surface area (TPSA) is 67.9 Å². The van der Waals surface area contributed by atoms with Crippen LogP contribution in [0.1, 0.15) is 5.82 Å². The van der Waals surface area contributed by atoms with E-state index in [4.69, 9.17) is 0 Å². The average molecular weight is 347 g/mol. The Labute approximate surface area is 140 Å². The molecule has 8 heteroatoms. The zero-order valence-corrected chi connectivity index (χ0v) is 13.0. The summed E-state index contributed by atoms with van der Waals surface area (Å²) < 4.78 is 40.5. The molecule has 0 aliphatic heterocycles. The predicted octanol–water partition coefficient (Wildman–Crippen LogP) is 3.71. The van der Waals surface area contributed by atoms with E-state index in [0.717, 1.165) is 0 Å². The van der Waals surface area contributed by atoms with Crippen molar-refractivity contribution >= 4 is 0 Å². The molecule has 0 amide bonds. The molecule has 0 spiro atoms. The Morgan fingerprint density at radius 2 is 1.68 bits per heavy atom. The fourth-order valence-electron chi connectivity index (χ4n) is 2.31. The van der Waals surface area contributed by atoms with Crippen molar-refractivity contribution in [2.24, 2.45) is 0 Å². The number of alkyl halides is 3. The Morgan fingerprint density at radius 1 is 1.00 bits per heavy atom. The molecule has 0 aliphatic carbocycles. The molecule has 3 rings (SSSR count). The fraction of sp³-hybridized carbons (Fsp3) is 0.118. The maximum absolute atomic E-state index is 12.2. The summed E-state index contributed by atoms with van der Waals surface area (Å²) >= 11 is 0. The van der Waals surface area contributed by atoms with Gasteiger partial charge in [-0.05, 0) is 30.7 Å². The molecule has 0 fully saturated rings. The lowest BCUT2D eigenvalue weighted by Crippen LogP contribution is -2.16. The smallest absolute Gasteiger partial charge is 0.406 e. The second-order valence-electron chi connectivity index (χ2n) is 5.25. The van der Waals surface area contributed by atoms with Gasteiger partial charge < -0.3 is 9.72 Å². The zero-order chi connectivity index (χ0) is 18.0. The van der Waals surface area contributed by atoms with Gasteiger partial charge in [0.05, 0.1) is 5.69 Å². The maximum atomic E-state index is 12.2. The molecule has 2 aromatic heterocycles. The van der Waals surface area contributed by atoms with Gasteiger partial charge in [0.1, 0.15) is 11.6 Å². The van der Waals surface area contributed by atoms with Gasteiger partial charge in [0.25, 0.3) is 5.56 Å². The summed E-state index contributed by atoms with van der Waals surface area (Å²) in [4.78, 5) is 22.5. The predicted molar refractivity (Wildman–Crippen MR) is 84.9 cm³/mol. The first-order valence-electron chi connectivity index (χ1n) is 7.20. The van der Waals surface area contributed by atoms with Crippen LogP contribution in [0.2, 0.25) is 0 Å². The molecule has 128 valence electrons. The second-order valence-corrected chi connectivity index (χ2v) is 5.25. The lowest BCUT2D eigenvalue weighted by molar-refractivity contribution is -0.274. The number of halogens is 3. The van der Waals surface area contributed by atoms with E-state index in [1.165, 1.54) is 30.3 Å². The molecule has 1 N–H and O–H groups in total. The number of hydrogen-bond acceptors (Lipinski definition) is 4. The molecule has 0 aliphatic rings. The van der Waals surface area contributed by atoms with E-state index < -0.39 is 6.36 Å². The molecule has 0 atom stereocenters. The van der Waals surface area contributed by atoms with Crippen LogP contribution < -0.4 is 10.3 Å². The lowest BCUT2D eigenvalue weighted by atomic mass is 10.0. The van der Waals surface area contributed by atoms with Gasteiger partial charge in [-0.25, -0.2) is 4.98 Å². The number of aromatic nitrogens is 3. The highest BCUT2D eigenvalue weighted by atomic mass is 19.4. The first-order chi connectivity index (χ1) is 11.8. The third kappa shape index (κ3) is 4.23. The Balaban J connectivity index is 1.92. The maximum Gasteiger partial charge on any atom is 0.573 e. The van der Waals surface area contributed by atoms with Gasteiger partial charge in [0, 0.05) is 29.6 Å². The SMILES string of the molecule is Cc1nc(-c2cncc(-c3ccc(OC(F)(F)F)cc3)c2)cc(=O)[nH]1. The van der Waals surface area contributed by atoms with Crippen LogP contribution in [0.5, 0.6) is 5.75 Å². The van der Waals surface area contributed by atoms with Crippen molar-refractivity contribution in [2.45, 2.75) is 13.3 Å². The Bertz CT molecular complexity index is 950. The van der Waals surface area contributed by atoms with Crippen molar-refractivity contribution in [3.05, 3.63) is 65.0 Å². The summed E-state index contributed by atoms with van der Waals surface area (Å²) in [5.41, 5.74) is 2.15. The number of benzene rings is 1. The number of hydrogen-bond donors (Lipinski definition) is 1. The molecular weight excluding hydrogens is 335 g/mol. The highest BCUT2D eigenvalue weighted by molar-refractivity contribution is 5.70. The molecule has 5 nitrogen and oxygen atoms in total. The number of nitrogens with one attached hydrogen (secondary N) is 1. The minimum atomic E-state index is -4.73. The van der Waals surface area contributed by atoms with Gasteiger partial charge in [-0.1, -0.05) is 12.1 Å². The van der Waals surface area contributed by atoms with Crippen LogP contribution in [0.15, 0.2) is 53.6 Å². The summed E-state index contributed by atoms with van der Waals surface area (Å²) in [6.07, 6.45) is -1.60. The van der Waals surface area contributed by atoms with Crippen LogP contribution in [-0.2, 0) is 0 Å². The van der Waals surface area contributed by atoms with Gasteiger partial charge >= 0.3 is 6.36 Å². The standard InChI is InChI=1S/C17H12F3N3O2/c1-10-22-15(7-16(24)23-10)13-6-12(8-21-9-13)11-2-4-14(5-3-11)25-17(18,19)20/h2-9H,1H3,(H,22,23,24). The quantitative estimate of drug-likeness (QED) is 0.784.